The van der Waals surface area contributed by atoms with Gasteiger partial charge in [0, 0.05) is 61.4 Å². The number of rotatable bonds is 7. The number of ketones is 1. The molecule has 1 amide bonds. The molecule has 0 radical (unpaired) electrons. The lowest BCUT2D eigenvalue weighted by Gasteiger charge is -2.36. The van der Waals surface area contributed by atoms with Gasteiger partial charge in [0.05, 0.1) is 25.2 Å². The average molecular weight is 518 g/mol. The zero-order valence-corrected chi connectivity index (χ0v) is 21.9. The van der Waals surface area contributed by atoms with Gasteiger partial charge in [-0.25, -0.2) is 0 Å². The Morgan fingerprint density at radius 1 is 0.886 bits per heavy atom. The molecule has 2 aliphatic rings. The van der Waals surface area contributed by atoms with Crippen molar-refractivity contribution in [2.75, 3.05) is 50.7 Å². The van der Waals surface area contributed by atoms with Crippen LogP contribution in [0.1, 0.15) is 25.0 Å². The first-order valence-corrected chi connectivity index (χ1v) is 13.0. The van der Waals surface area contributed by atoms with Crippen molar-refractivity contribution in [2.24, 2.45) is 0 Å². The van der Waals surface area contributed by atoms with Gasteiger partial charge in [0.25, 0.3) is 0 Å². The van der Waals surface area contributed by atoms with Crippen molar-refractivity contribution in [3.05, 3.63) is 63.6 Å². The SMILES string of the molecule is CC1CN(CC(=O)Cc2ccc(N3CCN(C(=O)Cc4c(Cl)cccc4Cl)CC3)cc2)CC(C)O1. The maximum absolute atomic E-state index is 12.8. The maximum atomic E-state index is 12.8. The summed E-state index contributed by atoms with van der Waals surface area (Å²) in [6.45, 7) is 8.99. The smallest absolute Gasteiger partial charge is 0.227 e. The normalized spacial score (nSPS) is 21.3. The molecule has 188 valence electrons. The lowest BCUT2D eigenvalue weighted by atomic mass is 10.1. The molecule has 0 saturated carbocycles. The first kappa shape index (κ1) is 26.0. The highest BCUT2D eigenvalue weighted by Crippen LogP contribution is 2.26. The van der Waals surface area contributed by atoms with Gasteiger partial charge in [-0.05, 0) is 49.2 Å². The fourth-order valence-corrected chi connectivity index (χ4v) is 5.48. The van der Waals surface area contributed by atoms with Crippen LogP contribution >= 0.6 is 23.2 Å². The predicted molar refractivity (Wildman–Crippen MR) is 141 cm³/mol. The Balaban J connectivity index is 1.25. The van der Waals surface area contributed by atoms with Crippen molar-refractivity contribution in [1.29, 1.82) is 0 Å². The van der Waals surface area contributed by atoms with Crippen LogP contribution in [0.25, 0.3) is 0 Å². The number of piperazine rings is 1. The van der Waals surface area contributed by atoms with Crippen LogP contribution in [0.4, 0.5) is 5.69 Å². The molecule has 0 N–H and O–H groups in total. The molecule has 0 aromatic heterocycles. The van der Waals surface area contributed by atoms with E-state index in [0.29, 0.717) is 41.7 Å². The second-order valence-electron chi connectivity index (χ2n) is 9.58. The average Bonchev–Trinajstić information content (AvgIpc) is 2.81. The van der Waals surface area contributed by atoms with Gasteiger partial charge in [-0.2, -0.15) is 0 Å². The number of halogens is 2. The van der Waals surface area contributed by atoms with Crippen LogP contribution in [0.15, 0.2) is 42.5 Å². The van der Waals surface area contributed by atoms with Gasteiger partial charge in [-0.1, -0.05) is 41.4 Å². The molecule has 35 heavy (non-hydrogen) atoms. The van der Waals surface area contributed by atoms with E-state index in [2.05, 4.69) is 35.8 Å². The number of hydrogen-bond donors (Lipinski definition) is 0. The lowest BCUT2D eigenvalue weighted by molar-refractivity contribution is -0.130. The van der Waals surface area contributed by atoms with E-state index in [9.17, 15) is 9.59 Å². The van der Waals surface area contributed by atoms with Crippen molar-refractivity contribution in [2.45, 2.75) is 38.9 Å². The van der Waals surface area contributed by atoms with E-state index in [1.165, 1.54) is 0 Å². The number of anilines is 1. The minimum Gasteiger partial charge on any atom is -0.373 e. The fraction of sp³-hybridized carbons (Fsp3) is 0.481. The Morgan fingerprint density at radius 2 is 1.49 bits per heavy atom. The Hall–Kier alpha value is -2.12. The van der Waals surface area contributed by atoms with Gasteiger partial charge in [0.15, 0.2) is 5.78 Å². The standard InChI is InChI=1S/C27H33Cl2N3O3/c1-19-16-30(17-20(2)35-19)18-23(33)14-21-6-8-22(9-7-21)31-10-12-32(13-11-31)27(34)15-24-25(28)4-3-5-26(24)29/h3-9,19-20H,10-18H2,1-2H3. The second kappa shape index (κ2) is 11.7. The zero-order chi connectivity index (χ0) is 24.9. The van der Waals surface area contributed by atoms with Gasteiger partial charge < -0.3 is 14.5 Å². The number of Topliss-reactive ketones (excluding diaryl/α,β-unsaturated/α-hetero) is 1. The molecule has 2 atom stereocenters. The van der Waals surface area contributed by atoms with Gasteiger partial charge in [0.2, 0.25) is 5.91 Å². The number of nitrogens with zero attached hydrogens (tertiary/aromatic N) is 3. The van der Waals surface area contributed by atoms with Crippen molar-refractivity contribution in [3.8, 4) is 0 Å². The Bertz CT molecular complexity index is 1010. The quantitative estimate of drug-likeness (QED) is 0.553. The third-order valence-electron chi connectivity index (χ3n) is 6.62. The largest absolute Gasteiger partial charge is 0.373 e. The highest BCUT2D eigenvalue weighted by atomic mass is 35.5. The molecule has 2 fully saturated rings. The molecule has 2 heterocycles. The molecular weight excluding hydrogens is 485 g/mol. The Kier molecular flexibility index (Phi) is 8.71. The topological polar surface area (TPSA) is 53.1 Å². The highest BCUT2D eigenvalue weighted by Gasteiger charge is 2.25. The van der Waals surface area contributed by atoms with Crippen molar-refractivity contribution in [1.82, 2.24) is 9.80 Å². The first-order chi connectivity index (χ1) is 16.8. The third-order valence-corrected chi connectivity index (χ3v) is 7.33. The van der Waals surface area contributed by atoms with Crippen LogP contribution in [0.5, 0.6) is 0 Å². The molecular formula is C27H33Cl2N3O3. The summed E-state index contributed by atoms with van der Waals surface area (Å²) in [5, 5.41) is 1.05. The molecule has 6 nitrogen and oxygen atoms in total. The molecule has 2 aromatic carbocycles. The van der Waals surface area contributed by atoms with Gasteiger partial charge in [-0.15, -0.1) is 0 Å². The molecule has 0 bridgehead atoms. The summed E-state index contributed by atoms with van der Waals surface area (Å²) in [6.07, 6.45) is 0.975. The number of ether oxygens (including phenoxy) is 1. The highest BCUT2D eigenvalue weighted by molar-refractivity contribution is 6.36. The maximum Gasteiger partial charge on any atom is 0.227 e. The second-order valence-corrected chi connectivity index (χ2v) is 10.4. The first-order valence-electron chi connectivity index (χ1n) is 12.2. The Labute approximate surface area is 217 Å². The fourth-order valence-electron chi connectivity index (χ4n) is 4.95. The molecule has 2 aromatic rings. The summed E-state index contributed by atoms with van der Waals surface area (Å²) in [5.41, 5.74) is 2.82. The van der Waals surface area contributed by atoms with Crippen LogP contribution in [-0.2, 0) is 27.2 Å². The third kappa shape index (κ3) is 6.98. The predicted octanol–water partition coefficient (Wildman–Crippen LogP) is 4.11. The van der Waals surface area contributed by atoms with E-state index >= 15 is 0 Å². The number of carbonyl (C=O) groups is 2. The molecule has 8 heteroatoms. The number of morpholine rings is 1. The molecule has 2 aliphatic heterocycles. The molecule has 0 spiro atoms. The van der Waals surface area contributed by atoms with Crippen LogP contribution in [0.3, 0.4) is 0 Å². The summed E-state index contributed by atoms with van der Waals surface area (Å²) in [7, 11) is 0. The number of benzene rings is 2. The van der Waals surface area contributed by atoms with E-state index < -0.39 is 0 Å². The summed E-state index contributed by atoms with van der Waals surface area (Å²) in [5.74, 6) is 0.266. The van der Waals surface area contributed by atoms with Crippen molar-refractivity contribution >= 4 is 40.6 Å². The van der Waals surface area contributed by atoms with Crippen LogP contribution in [0, 0.1) is 0 Å². The van der Waals surface area contributed by atoms with E-state index in [-0.39, 0.29) is 30.3 Å². The number of carbonyl (C=O) groups excluding carboxylic acids is 2. The van der Waals surface area contributed by atoms with Crippen LogP contribution in [-0.4, -0.2) is 79.5 Å². The van der Waals surface area contributed by atoms with Gasteiger partial charge in [0.1, 0.15) is 0 Å². The zero-order valence-electron chi connectivity index (χ0n) is 20.4. The van der Waals surface area contributed by atoms with Crippen molar-refractivity contribution < 1.29 is 14.3 Å². The number of amides is 1. The molecule has 0 aliphatic carbocycles. The monoisotopic (exact) mass is 517 g/mol. The summed E-state index contributed by atoms with van der Waals surface area (Å²) >= 11 is 12.5. The molecule has 2 saturated heterocycles. The van der Waals surface area contributed by atoms with Crippen LogP contribution < -0.4 is 4.90 Å². The lowest BCUT2D eigenvalue weighted by Crippen LogP contribution is -2.49. The van der Waals surface area contributed by atoms with Crippen LogP contribution in [0.2, 0.25) is 10.0 Å². The van der Waals surface area contributed by atoms with Gasteiger partial charge in [-0.3, -0.25) is 14.5 Å². The van der Waals surface area contributed by atoms with E-state index in [1.54, 1.807) is 18.2 Å². The molecule has 2 unspecified atom stereocenters. The number of hydrogen-bond acceptors (Lipinski definition) is 5. The summed E-state index contributed by atoms with van der Waals surface area (Å²) < 4.78 is 5.75. The minimum absolute atomic E-state index is 0.0394. The van der Waals surface area contributed by atoms with Crippen molar-refractivity contribution in [3.63, 3.8) is 0 Å². The van der Waals surface area contributed by atoms with E-state index in [1.807, 2.05) is 17.0 Å². The minimum atomic E-state index is 0.0394. The van der Waals surface area contributed by atoms with E-state index in [4.69, 9.17) is 27.9 Å². The molecule has 4 rings (SSSR count). The van der Waals surface area contributed by atoms with Gasteiger partial charge >= 0.3 is 0 Å². The van der Waals surface area contributed by atoms with E-state index in [0.717, 1.165) is 37.4 Å². The summed E-state index contributed by atoms with van der Waals surface area (Å²) in [4.78, 5) is 31.7. The Morgan fingerprint density at radius 3 is 2.09 bits per heavy atom. The summed E-state index contributed by atoms with van der Waals surface area (Å²) in [6, 6.07) is 13.5.